The number of fused-ring (bicyclic) bond motifs is 3. The van der Waals surface area contributed by atoms with E-state index in [0.717, 1.165) is 93.4 Å². The van der Waals surface area contributed by atoms with E-state index in [4.69, 9.17) is 16.6 Å². The predicted octanol–water partition coefficient (Wildman–Crippen LogP) is 7.93. The van der Waals surface area contributed by atoms with Crippen molar-refractivity contribution in [2.24, 2.45) is 0 Å². The highest BCUT2D eigenvalue weighted by molar-refractivity contribution is 7.89. The Labute approximate surface area is 309 Å². The summed E-state index contributed by atoms with van der Waals surface area (Å²) in [4.78, 5) is 22.7. The molecule has 0 spiro atoms. The van der Waals surface area contributed by atoms with Gasteiger partial charge in [0.15, 0.2) is 0 Å². The maximum Gasteiger partial charge on any atom is 0.256 e. The summed E-state index contributed by atoms with van der Waals surface area (Å²) in [6.45, 7) is 3.64. The van der Waals surface area contributed by atoms with E-state index in [1.165, 1.54) is 11.6 Å². The Hall–Kier alpha value is -3.38. The number of nitrogens with one attached hydrogen (secondary N) is 1. The van der Waals surface area contributed by atoms with Crippen molar-refractivity contribution in [3.05, 3.63) is 94.3 Å². The fourth-order valence-corrected chi connectivity index (χ4v) is 11.7. The highest BCUT2D eigenvalue weighted by Crippen LogP contribution is 2.45. The van der Waals surface area contributed by atoms with Gasteiger partial charge in [0.2, 0.25) is 10.0 Å². The third-order valence-corrected chi connectivity index (χ3v) is 14.5. The molecule has 4 heterocycles. The van der Waals surface area contributed by atoms with Gasteiger partial charge in [-0.2, -0.15) is 0 Å². The molecule has 8 nitrogen and oxygen atoms in total. The van der Waals surface area contributed by atoms with Gasteiger partial charge < -0.3 is 9.47 Å². The van der Waals surface area contributed by atoms with E-state index < -0.39 is 21.7 Å². The molecule has 2 atom stereocenters. The van der Waals surface area contributed by atoms with Crippen LogP contribution in [0.3, 0.4) is 0 Å². The third-order valence-electron chi connectivity index (χ3n) is 12.5. The number of rotatable bonds is 9. The SMILES string of the molecule is Cc1nc2ccccc2n1C1CC2CCC(C1)N2CCC1(c2cccc(F)c2)CCN(C(=O)c2cc(S(=O)(=O)NC3CCCC3)c(Cl)cc2F)CC1. The summed E-state index contributed by atoms with van der Waals surface area (Å²) in [5.41, 5.74) is 2.48. The highest BCUT2D eigenvalue weighted by atomic mass is 35.5. The minimum absolute atomic E-state index is 0.203. The topological polar surface area (TPSA) is 87.5 Å². The number of aryl methyl sites for hydroxylation is 1. The number of carbonyl (C=O) groups excluding carboxylic acids is 1. The summed E-state index contributed by atoms with van der Waals surface area (Å²) in [7, 11) is -4.05. The molecule has 1 aliphatic carbocycles. The highest BCUT2D eigenvalue weighted by Gasteiger charge is 2.44. The number of carbonyl (C=O) groups is 1. The first-order valence-corrected chi connectivity index (χ1v) is 20.6. The van der Waals surface area contributed by atoms with Gasteiger partial charge >= 0.3 is 0 Å². The van der Waals surface area contributed by atoms with Gasteiger partial charge in [-0.15, -0.1) is 0 Å². The van der Waals surface area contributed by atoms with Gasteiger partial charge in [-0.05, 0) is 119 Å². The van der Waals surface area contributed by atoms with Crippen molar-refractivity contribution in [1.29, 1.82) is 0 Å². The maximum absolute atomic E-state index is 15.3. The smallest absolute Gasteiger partial charge is 0.256 e. The number of imidazole rings is 1. The van der Waals surface area contributed by atoms with Gasteiger partial charge in [-0.25, -0.2) is 26.9 Å². The van der Waals surface area contributed by atoms with Crippen LogP contribution in [0, 0.1) is 18.6 Å². The molecule has 4 fully saturated rings. The van der Waals surface area contributed by atoms with Gasteiger partial charge in [0.25, 0.3) is 5.91 Å². The third kappa shape index (κ3) is 6.67. The molecule has 3 saturated heterocycles. The lowest BCUT2D eigenvalue weighted by atomic mass is 9.70. The van der Waals surface area contributed by atoms with Crippen LogP contribution in [-0.2, 0) is 15.4 Å². The minimum atomic E-state index is -4.05. The van der Waals surface area contributed by atoms with E-state index in [9.17, 15) is 17.6 Å². The molecule has 2 bridgehead atoms. The van der Waals surface area contributed by atoms with Crippen molar-refractivity contribution >= 4 is 38.6 Å². The van der Waals surface area contributed by atoms with Crippen LogP contribution in [0.2, 0.25) is 5.02 Å². The van der Waals surface area contributed by atoms with Crippen LogP contribution >= 0.6 is 11.6 Å². The molecule has 0 radical (unpaired) electrons. The van der Waals surface area contributed by atoms with E-state index in [2.05, 4.69) is 39.3 Å². The molecule has 3 aliphatic heterocycles. The Kier molecular flexibility index (Phi) is 9.68. The van der Waals surface area contributed by atoms with Gasteiger partial charge in [-0.1, -0.05) is 48.7 Å². The Morgan fingerprint density at radius 3 is 2.37 bits per heavy atom. The average Bonchev–Trinajstić information content (AvgIpc) is 3.81. The van der Waals surface area contributed by atoms with Crippen molar-refractivity contribution in [3.63, 3.8) is 0 Å². The van der Waals surface area contributed by atoms with Crippen LogP contribution in [0.1, 0.15) is 98.4 Å². The van der Waals surface area contributed by atoms with Gasteiger partial charge in [0, 0.05) is 37.3 Å². The number of hydrogen-bond acceptors (Lipinski definition) is 5. The van der Waals surface area contributed by atoms with Crippen molar-refractivity contribution in [1.82, 2.24) is 24.1 Å². The molecule has 52 heavy (non-hydrogen) atoms. The molecule has 8 rings (SSSR count). The standard InChI is InChI=1S/C40H46ClF2N5O3S/c1-26-44-36-11-4-5-12-37(36)48(26)32-22-30-13-14-31(23-32)47(30)20-17-40(27-7-6-8-28(42)21-27)15-18-46(19-16-40)39(49)33-24-38(34(41)25-35(33)43)52(50,51)45-29-9-2-3-10-29/h4-8,11-12,21,24-25,29-32,45H,2-3,9-10,13-20,22-23H2,1H3. The summed E-state index contributed by atoms with van der Waals surface area (Å²) in [6, 6.07) is 18.3. The van der Waals surface area contributed by atoms with Crippen LogP contribution in [0.5, 0.6) is 0 Å². The van der Waals surface area contributed by atoms with Gasteiger partial charge in [-0.3, -0.25) is 9.69 Å². The van der Waals surface area contributed by atoms with E-state index >= 15 is 4.39 Å². The van der Waals surface area contributed by atoms with Gasteiger partial charge in [0.1, 0.15) is 22.4 Å². The molecule has 1 saturated carbocycles. The fourth-order valence-electron chi connectivity index (χ4n) is 9.83. The lowest BCUT2D eigenvalue weighted by molar-refractivity contribution is 0.0602. The number of halogens is 3. The van der Waals surface area contributed by atoms with E-state index in [1.54, 1.807) is 17.0 Å². The number of benzene rings is 3. The quantitative estimate of drug-likeness (QED) is 0.188. The zero-order valence-electron chi connectivity index (χ0n) is 29.5. The lowest BCUT2D eigenvalue weighted by Crippen LogP contribution is -2.49. The number of sulfonamides is 1. The second-order valence-electron chi connectivity index (χ2n) is 15.5. The number of likely N-dealkylation sites (tertiary alicyclic amines) is 1. The number of amides is 1. The second-order valence-corrected chi connectivity index (χ2v) is 17.6. The van der Waals surface area contributed by atoms with Crippen molar-refractivity contribution < 1.29 is 22.0 Å². The molecule has 3 aromatic carbocycles. The molecule has 276 valence electrons. The molecule has 1 N–H and O–H groups in total. The number of hydrogen-bond donors (Lipinski definition) is 1. The molecule has 4 aromatic rings. The first-order valence-electron chi connectivity index (χ1n) is 18.8. The number of nitrogens with zero attached hydrogens (tertiary/aromatic N) is 4. The van der Waals surface area contributed by atoms with E-state index in [0.29, 0.717) is 44.1 Å². The number of para-hydroxylation sites is 2. The minimum Gasteiger partial charge on any atom is -0.338 e. The second kappa shape index (κ2) is 14.1. The van der Waals surface area contributed by atoms with Crippen LogP contribution in [0.15, 0.2) is 65.6 Å². The predicted molar refractivity (Wildman–Crippen MR) is 198 cm³/mol. The summed E-state index contributed by atoms with van der Waals surface area (Å²) >= 11 is 6.24. The summed E-state index contributed by atoms with van der Waals surface area (Å²) in [6.07, 6.45) is 9.74. The average molecular weight is 750 g/mol. The van der Waals surface area contributed by atoms with Crippen LogP contribution in [0.4, 0.5) is 8.78 Å². The van der Waals surface area contributed by atoms with E-state index in [-0.39, 0.29) is 32.8 Å². The molecule has 1 aromatic heterocycles. The molecule has 12 heteroatoms. The maximum atomic E-state index is 15.3. The summed E-state index contributed by atoms with van der Waals surface area (Å²) in [5.74, 6) is -0.652. The van der Waals surface area contributed by atoms with Gasteiger partial charge in [0.05, 0.1) is 21.6 Å². The number of piperidine rings is 2. The van der Waals surface area contributed by atoms with Crippen molar-refractivity contribution in [2.45, 2.75) is 112 Å². The van der Waals surface area contributed by atoms with Crippen molar-refractivity contribution in [3.8, 4) is 0 Å². The van der Waals surface area contributed by atoms with E-state index in [1.807, 2.05) is 12.1 Å². The monoisotopic (exact) mass is 749 g/mol. The zero-order valence-corrected chi connectivity index (χ0v) is 31.1. The Balaban J connectivity index is 0.986. The molecule has 4 aliphatic rings. The number of aromatic nitrogens is 2. The zero-order chi connectivity index (χ0) is 36.2. The lowest BCUT2D eigenvalue weighted by Gasteiger charge is -2.45. The van der Waals surface area contributed by atoms with Crippen molar-refractivity contribution in [2.75, 3.05) is 19.6 Å². The Morgan fingerprint density at radius 1 is 0.942 bits per heavy atom. The first kappa shape index (κ1) is 35.6. The Bertz CT molecular complexity index is 2080. The molecular formula is C40H46ClF2N5O3S. The molecule has 1 amide bonds. The Morgan fingerprint density at radius 2 is 1.65 bits per heavy atom. The van der Waals surface area contributed by atoms with Crippen LogP contribution < -0.4 is 4.72 Å². The van der Waals surface area contributed by atoms with Crippen LogP contribution in [-0.4, -0.2) is 71.4 Å². The first-order chi connectivity index (χ1) is 25.0. The molecular weight excluding hydrogens is 704 g/mol. The normalized spacial score (nSPS) is 23.8. The molecule has 2 unspecified atom stereocenters. The summed E-state index contributed by atoms with van der Waals surface area (Å²) in [5, 5.41) is -0.255. The largest absolute Gasteiger partial charge is 0.338 e. The van der Waals surface area contributed by atoms with Crippen LogP contribution in [0.25, 0.3) is 11.0 Å². The summed E-state index contributed by atoms with van der Waals surface area (Å²) < 4.78 is 61.7. The fraction of sp³-hybridized carbons (Fsp3) is 0.500.